The van der Waals surface area contributed by atoms with Crippen LogP contribution < -0.4 is 5.73 Å². The van der Waals surface area contributed by atoms with Crippen molar-refractivity contribution in [1.82, 2.24) is 4.90 Å². The van der Waals surface area contributed by atoms with Crippen LogP contribution in [0.25, 0.3) is 0 Å². The highest BCUT2D eigenvalue weighted by atomic mass is 19.4. The normalized spacial score (nSPS) is 22.0. The number of nitrogens with zero attached hydrogens (tertiary/aromatic N) is 1. The van der Waals surface area contributed by atoms with Crippen molar-refractivity contribution in [3.05, 3.63) is 0 Å². The van der Waals surface area contributed by atoms with Gasteiger partial charge in [0.25, 0.3) is 0 Å². The van der Waals surface area contributed by atoms with E-state index in [1.54, 1.807) is 0 Å². The second-order valence-electron chi connectivity index (χ2n) is 4.47. The average Bonchev–Trinajstić information content (AvgIpc) is 2.17. The molecule has 0 aromatic heterocycles. The number of hydrogen-bond acceptors (Lipinski definition) is 2. The number of piperidine rings is 1. The lowest BCUT2D eigenvalue weighted by atomic mass is 9.95. The van der Waals surface area contributed by atoms with E-state index in [0.29, 0.717) is 19.6 Å². The molecule has 0 aromatic rings. The Kier molecular flexibility index (Phi) is 4.18. The van der Waals surface area contributed by atoms with E-state index >= 15 is 0 Å². The molecular formula is C10H18F3N3. The van der Waals surface area contributed by atoms with Crippen molar-refractivity contribution in [3.63, 3.8) is 0 Å². The quantitative estimate of drug-likeness (QED) is 0.581. The van der Waals surface area contributed by atoms with Gasteiger partial charge in [-0.05, 0) is 25.9 Å². The summed E-state index contributed by atoms with van der Waals surface area (Å²) in [5.74, 6) is -1.14. The summed E-state index contributed by atoms with van der Waals surface area (Å²) in [6, 6.07) is 0. The summed E-state index contributed by atoms with van der Waals surface area (Å²) < 4.78 is 37.2. The number of nitrogens with one attached hydrogen (secondary N) is 1. The van der Waals surface area contributed by atoms with E-state index in [0.717, 1.165) is 0 Å². The third-order valence-corrected chi connectivity index (χ3v) is 3.11. The Hall–Kier alpha value is -0.780. The van der Waals surface area contributed by atoms with Crippen LogP contribution in [0.3, 0.4) is 0 Å². The zero-order valence-electron chi connectivity index (χ0n) is 9.35. The molecule has 1 heterocycles. The van der Waals surface area contributed by atoms with Gasteiger partial charge >= 0.3 is 6.18 Å². The molecule has 1 unspecified atom stereocenters. The molecule has 0 spiro atoms. The van der Waals surface area contributed by atoms with Gasteiger partial charge in [-0.1, -0.05) is 6.92 Å². The first-order chi connectivity index (χ1) is 7.30. The van der Waals surface area contributed by atoms with Crippen molar-refractivity contribution >= 4 is 5.84 Å². The molecular weight excluding hydrogens is 219 g/mol. The SMILES string of the molecule is CC(CN1CCC(C(F)(F)F)CC1)C(=N)N. The highest BCUT2D eigenvalue weighted by molar-refractivity contribution is 5.79. The molecule has 1 rings (SSSR count). The summed E-state index contributed by atoms with van der Waals surface area (Å²) in [4.78, 5) is 1.95. The Balaban J connectivity index is 2.35. The van der Waals surface area contributed by atoms with Crippen molar-refractivity contribution in [1.29, 1.82) is 5.41 Å². The summed E-state index contributed by atoms with van der Waals surface area (Å²) >= 11 is 0. The highest BCUT2D eigenvalue weighted by Gasteiger charge is 2.41. The summed E-state index contributed by atoms with van der Waals surface area (Å²) in [7, 11) is 0. The van der Waals surface area contributed by atoms with Gasteiger partial charge in [-0.3, -0.25) is 5.41 Å². The van der Waals surface area contributed by atoms with Crippen molar-refractivity contribution in [3.8, 4) is 0 Å². The molecule has 94 valence electrons. The maximum Gasteiger partial charge on any atom is 0.391 e. The standard InChI is InChI=1S/C10H18F3N3/c1-7(9(14)15)6-16-4-2-8(3-5-16)10(11,12)13/h7-8H,2-6H2,1H3,(H3,14,15). The first-order valence-electron chi connectivity index (χ1n) is 5.43. The second-order valence-corrected chi connectivity index (χ2v) is 4.47. The van der Waals surface area contributed by atoms with E-state index in [1.807, 2.05) is 11.8 Å². The van der Waals surface area contributed by atoms with Crippen molar-refractivity contribution in [2.45, 2.75) is 25.9 Å². The lowest BCUT2D eigenvalue weighted by Gasteiger charge is -2.34. The smallest absolute Gasteiger partial charge is 0.387 e. The maximum atomic E-state index is 12.4. The van der Waals surface area contributed by atoms with Crippen LogP contribution in [0.1, 0.15) is 19.8 Å². The highest BCUT2D eigenvalue weighted by Crippen LogP contribution is 2.34. The summed E-state index contributed by atoms with van der Waals surface area (Å²) in [5, 5.41) is 7.23. The van der Waals surface area contributed by atoms with Crippen LogP contribution >= 0.6 is 0 Å². The minimum Gasteiger partial charge on any atom is -0.387 e. The van der Waals surface area contributed by atoms with Crippen LogP contribution in [-0.2, 0) is 0 Å². The number of amidine groups is 1. The molecule has 0 amide bonds. The number of alkyl halides is 3. The molecule has 16 heavy (non-hydrogen) atoms. The predicted molar refractivity (Wildman–Crippen MR) is 56.3 cm³/mol. The molecule has 6 heteroatoms. The molecule has 0 aromatic carbocycles. The maximum absolute atomic E-state index is 12.4. The monoisotopic (exact) mass is 237 g/mol. The Morgan fingerprint density at radius 2 is 1.94 bits per heavy atom. The molecule has 3 nitrogen and oxygen atoms in total. The zero-order valence-corrected chi connectivity index (χ0v) is 9.35. The van der Waals surface area contributed by atoms with Gasteiger partial charge in [0.15, 0.2) is 0 Å². The van der Waals surface area contributed by atoms with Gasteiger partial charge in [-0.25, -0.2) is 0 Å². The predicted octanol–water partition coefficient (Wildman–Crippen LogP) is 1.83. The minimum atomic E-state index is -4.06. The van der Waals surface area contributed by atoms with Gasteiger partial charge in [0.2, 0.25) is 0 Å². The fraction of sp³-hybridized carbons (Fsp3) is 0.900. The number of halogens is 3. The Morgan fingerprint density at radius 1 is 1.44 bits per heavy atom. The number of nitrogens with two attached hydrogens (primary N) is 1. The minimum absolute atomic E-state index is 0.0811. The topological polar surface area (TPSA) is 53.1 Å². The van der Waals surface area contributed by atoms with Crippen molar-refractivity contribution in [2.75, 3.05) is 19.6 Å². The van der Waals surface area contributed by atoms with E-state index in [9.17, 15) is 13.2 Å². The zero-order chi connectivity index (χ0) is 12.3. The second kappa shape index (κ2) is 5.03. The molecule has 0 aliphatic carbocycles. The van der Waals surface area contributed by atoms with Crippen molar-refractivity contribution < 1.29 is 13.2 Å². The van der Waals surface area contributed by atoms with Crippen LogP contribution in [0.4, 0.5) is 13.2 Å². The molecule has 1 fully saturated rings. The van der Waals surface area contributed by atoms with Crippen molar-refractivity contribution in [2.24, 2.45) is 17.6 Å². The largest absolute Gasteiger partial charge is 0.391 e. The average molecular weight is 237 g/mol. The van der Waals surface area contributed by atoms with E-state index in [2.05, 4.69) is 0 Å². The van der Waals surface area contributed by atoms with Gasteiger partial charge < -0.3 is 10.6 Å². The summed E-state index contributed by atoms with van der Waals surface area (Å²) in [6.07, 6.45) is -3.74. The van der Waals surface area contributed by atoms with Crippen LogP contribution in [0.5, 0.6) is 0 Å². The van der Waals surface area contributed by atoms with Crippen LogP contribution in [0, 0.1) is 17.2 Å². The van der Waals surface area contributed by atoms with E-state index < -0.39 is 12.1 Å². The van der Waals surface area contributed by atoms with Gasteiger partial charge in [0, 0.05) is 12.5 Å². The molecule has 3 N–H and O–H groups in total. The number of rotatable bonds is 3. The van der Waals surface area contributed by atoms with Gasteiger partial charge in [0.05, 0.1) is 11.8 Å². The van der Waals surface area contributed by atoms with E-state index in [-0.39, 0.29) is 24.6 Å². The fourth-order valence-corrected chi connectivity index (χ4v) is 1.93. The van der Waals surface area contributed by atoms with E-state index in [4.69, 9.17) is 11.1 Å². The Bertz CT molecular complexity index is 244. The Morgan fingerprint density at radius 3 is 2.31 bits per heavy atom. The Labute approximate surface area is 93.3 Å². The first-order valence-corrected chi connectivity index (χ1v) is 5.43. The number of hydrogen-bond donors (Lipinski definition) is 2. The van der Waals surface area contributed by atoms with Crippen LogP contribution in [0.2, 0.25) is 0 Å². The van der Waals surface area contributed by atoms with Crippen LogP contribution in [0.15, 0.2) is 0 Å². The molecule has 1 aliphatic rings. The summed E-state index contributed by atoms with van der Waals surface area (Å²) in [5.41, 5.74) is 5.33. The fourth-order valence-electron chi connectivity index (χ4n) is 1.93. The first kappa shape index (κ1) is 13.3. The van der Waals surface area contributed by atoms with Gasteiger partial charge in [0.1, 0.15) is 0 Å². The van der Waals surface area contributed by atoms with E-state index in [1.165, 1.54) is 0 Å². The third kappa shape index (κ3) is 3.66. The van der Waals surface area contributed by atoms with Gasteiger partial charge in [-0.2, -0.15) is 13.2 Å². The molecule has 1 atom stereocenters. The third-order valence-electron chi connectivity index (χ3n) is 3.11. The molecule has 1 saturated heterocycles. The lowest BCUT2D eigenvalue weighted by Crippen LogP contribution is -2.42. The molecule has 0 bridgehead atoms. The lowest BCUT2D eigenvalue weighted by molar-refractivity contribution is -0.185. The molecule has 0 radical (unpaired) electrons. The number of likely N-dealkylation sites (tertiary alicyclic amines) is 1. The van der Waals surface area contributed by atoms with Crippen LogP contribution in [-0.4, -0.2) is 36.5 Å². The summed E-state index contributed by atoms with van der Waals surface area (Å²) in [6.45, 7) is 3.29. The molecule has 1 aliphatic heterocycles. The molecule has 0 saturated carbocycles. The van der Waals surface area contributed by atoms with Gasteiger partial charge in [-0.15, -0.1) is 0 Å².